The van der Waals surface area contributed by atoms with Gasteiger partial charge in [-0.15, -0.1) is 0 Å². The summed E-state index contributed by atoms with van der Waals surface area (Å²) in [5, 5.41) is 14.6. The van der Waals surface area contributed by atoms with Crippen molar-refractivity contribution in [1.29, 1.82) is 0 Å². The summed E-state index contributed by atoms with van der Waals surface area (Å²) >= 11 is 0. The van der Waals surface area contributed by atoms with E-state index in [1.54, 1.807) is 12.1 Å². The molecule has 1 aliphatic heterocycles. The average Bonchev–Trinajstić information content (AvgIpc) is 3.02. The van der Waals surface area contributed by atoms with Crippen molar-refractivity contribution < 1.29 is 4.92 Å². The van der Waals surface area contributed by atoms with Crippen molar-refractivity contribution >= 4 is 11.4 Å². The summed E-state index contributed by atoms with van der Waals surface area (Å²) in [7, 11) is 0. The zero-order valence-electron chi connectivity index (χ0n) is 13.8. The summed E-state index contributed by atoms with van der Waals surface area (Å²) in [6.07, 6.45) is 5.63. The molecule has 1 aliphatic carbocycles. The minimum atomic E-state index is -0.347. The van der Waals surface area contributed by atoms with Crippen LogP contribution in [0.5, 0.6) is 0 Å². The summed E-state index contributed by atoms with van der Waals surface area (Å²) < 4.78 is 0. The van der Waals surface area contributed by atoms with Crippen LogP contribution in [-0.2, 0) is 0 Å². The number of allylic oxidation sites excluding steroid dienone is 2. The predicted molar refractivity (Wildman–Crippen MR) is 95.4 cm³/mol. The third-order valence-electron chi connectivity index (χ3n) is 5.28. The van der Waals surface area contributed by atoms with Crippen LogP contribution in [0, 0.1) is 29.9 Å². The molecular formula is C20H20N2O2. The van der Waals surface area contributed by atoms with Gasteiger partial charge < -0.3 is 5.32 Å². The first-order valence-corrected chi connectivity index (χ1v) is 8.33. The molecule has 122 valence electrons. The van der Waals surface area contributed by atoms with Crippen LogP contribution in [-0.4, -0.2) is 4.92 Å². The van der Waals surface area contributed by atoms with Crippen LogP contribution in [0.25, 0.3) is 0 Å². The number of hydrogen-bond donors (Lipinski definition) is 1. The Bertz CT molecular complexity index is 839. The number of nitrogens with zero attached hydrogens (tertiary/aromatic N) is 1. The molecule has 2 aromatic rings. The van der Waals surface area contributed by atoms with Crippen molar-refractivity contribution in [3.05, 3.63) is 80.9 Å². The second-order valence-corrected chi connectivity index (χ2v) is 6.87. The lowest BCUT2D eigenvalue weighted by atomic mass is 9.75. The number of nitrogens with one attached hydrogen (secondary N) is 1. The summed E-state index contributed by atoms with van der Waals surface area (Å²) in [5.41, 5.74) is 6.44. The minimum Gasteiger partial charge on any atom is -0.378 e. The molecule has 2 aliphatic rings. The number of non-ortho nitro benzene ring substituents is 1. The van der Waals surface area contributed by atoms with Crippen LogP contribution in [0.2, 0.25) is 0 Å². The van der Waals surface area contributed by atoms with Crippen LogP contribution >= 0.6 is 0 Å². The molecule has 0 amide bonds. The maximum Gasteiger partial charge on any atom is 0.269 e. The molecule has 0 bridgehead atoms. The topological polar surface area (TPSA) is 55.2 Å². The van der Waals surface area contributed by atoms with E-state index in [2.05, 4.69) is 43.4 Å². The van der Waals surface area contributed by atoms with E-state index in [9.17, 15) is 10.1 Å². The number of anilines is 1. The molecule has 3 atom stereocenters. The van der Waals surface area contributed by atoms with E-state index < -0.39 is 0 Å². The molecule has 1 heterocycles. The molecule has 0 fully saturated rings. The molecule has 4 nitrogen and oxygen atoms in total. The van der Waals surface area contributed by atoms with E-state index >= 15 is 0 Å². The quantitative estimate of drug-likeness (QED) is 0.479. The predicted octanol–water partition coefficient (Wildman–Crippen LogP) is 5.04. The highest BCUT2D eigenvalue weighted by Gasteiger charge is 2.38. The Morgan fingerprint density at radius 3 is 2.62 bits per heavy atom. The minimum absolute atomic E-state index is 0.141. The number of nitro groups is 1. The van der Waals surface area contributed by atoms with E-state index in [1.165, 1.54) is 22.4 Å². The second kappa shape index (κ2) is 5.48. The van der Waals surface area contributed by atoms with E-state index in [1.807, 2.05) is 12.1 Å². The van der Waals surface area contributed by atoms with Gasteiger partial charge in [-0.1, -0.05) is 30.4 Å². The average molecular weight is 320 g/mol. The van der Waals surface area contributed by atoms with Gasteiger partial charge in [0.25, 0.3) is 5.69 Å². The standard InChI is InChI=1S/C20H20N2O2/c1-12-10-13(2)19-16-4-3-5-17(16)20(21-18(19)11-12)14-6-8-15(9-7-14)22(23)24/h3-4,6-11,16-17,20-21H,5H2,1-2H3/t16-,17+,20-/m0/s1. The normalized spacial score (nSPS) is 24.2. The van der Waals surface area contributed by atoms with Gasteiger partial charge in [0.2, 0.25) is 0 Å². The Balaban J connectivity index is 1.76. The molecule has 24 heavy (non-hydrogen) atoms. The molecule has 0 saturated carbocycles. The van der Waals surface area contributed by atoms with Crippen molar-refractivity contribution in [2.45, 2.75) is 32.2 Å². The van der Waals surface area contributed by atoms with Crippen LogP contribution < -0.4 is 5.32 Å². The molecule has 2 aromatic carbocycles. The highest BCUT2D eigenvalue weighted by molar-refractivity contribution is 5.63. The van der Waals surface area contributed by atoms with Gasteiger partial charge >= 0.3 is 0 Å². The lowest BCUT2D eigenvalue weighted by molar-refractivity contribution is -0.384. The lowest BCUT2D eigenvalue weighted by Crippen LogP contribution is -2.29. The van der Waals surface area contributed by atoms with Crippen LogP contribution in [0.15, 0.2) is 48.6 Å². The Hall–Kier alpha value is -2.62. The smallest absolute Gasteiger partial charge is 0.269 e. The summed E-state index contributed by atoms with van der Waals surface area (Å²) in [4.78, 5) is 10.5. The molecule has 0 radical (unpaired) electrons. The third kappa shape index (κ3) is 2.30. The Labute approximate surface area is 141 Å². The first-order valence-electron chi connectivity index (χ1n) is 8.33. The highest BCUT2D eigenvalue weighted by atomic mass is 16.6. The van der Waals surface area contributed by atoms with Gasteiger partial charge in [0.05, 0.1) is 11.0 Å². The van der Waals surface area contributed by atoms with Crippen molar-refractivity contribution in [1.82, 2.24) is 0 Å². The number of benzene rings is 2. The second-order valence-electron chi connectivity index (χ2n) is 6.87. The van der Waals surface area contributed by atoms with Gasteiger partial charge in [0.1, 0.15) is 0 Å². The van der Waals surface area contributed by atoms with Crippen LogP contribution in [0.3, 0.4) is 0 Å². The van der Waals surface area contributed by atoms with Gasteiger partial charge in [-0.25, -0.2) is 0 Å². The number of fused-ring (bicyclic) bond motifs is 3. The molecule has 1 N–H and O–H groups in total. The molecule has 4 rings (SSSR count). The Morgan fingerprint density at radius 2 is 1.92 bits per heavy atom. The molecule has 0 saturated heterocycles. The van der Waals surface area contributed by atoms with Gasteiger partial charge in [-0.05, 0) is 54.5 Å². The molecule has 0 aromatic heterocycles. The summed E-state index contributed by atoms with van der Waals surface area (Å²) in [6, 6.07) is 11.6. The number of nitro benzene ring substituents is 1. The Kier molecular flexibility index (Phi) is 3.41. The van der Waals surface area contributed by atoms with E-state index in [0.29, 0.717) is 11.8 Å². The zero-order valence-corrected chi connectivity index (χ0v) is 13.8. The van der Waals surface area contributed by atoms with Crippen molar-refractivity contribution in [3.8, 4) is 0 Å². The molecular weight excluding hydrogens is 300 g/mol. The number of hydrogen-bond acceptors (Lipinski definition) is 3. The SMILES string of the molecule is Cc1cc(C)c2c(c1)N[C@@H](c1ccc([N+](=O)[O-])cc1)[C@@H]1CC=C[C@H]21. The monoisotopic (exact) mass is 320 g/mol. The molecule has 4 heteroatoms. The van der Waals surface area contributed by atoms with E-state index in [4.69, 9.17) is 0 Å². The fourth-order valence-electron chi connectivity index (χ4n) is 4.27. The highest BCUT2D eigenvalue weighted by Crippen LogP contribution is 2.51. The first-order chi connectivity index (χ1) is 11.5. The Morgan fingerprint density at radius 1 is 1.17 bits per heavy atom. The van der Waals surface area contributed by atoms with E-state index in [0.717, 1.165) is 12.0 Å². The first kappa shape index (κ1) is 14.9. The van der Waals surface area contributed by atoms with Gasteiger partial charge in [-0.2, -0.15) is 0 Å². The lowest BCUT2D eigenvalue weighted by Gasteiger charge is -2.38. The van der Waals surface area contributed by atoms with Crippen molar-refractivity contribution in [3.63, 3.8) is 0 Å². The van der Waals surface area contributed by atoms with Gasteiger partial charge in [0.15, 0.2) is 0 Å². The van der Waals surface area contributed by atoms with Crippen LogP contribution in [0.4, 0.5) is 11.4 Å². The number of aryl methyl sites for hydroxylation is 2. The maximum atomic E-state index is 10.9. The van der Waals surface area contributed by atoms with Gasteiger partial charge in [-0.3, -0.25) is 10.1 Å². The van der Waals surface area contributed by atoms with Gasteiger partial charge in [0, 0.05) is 23.7 Å². The summed E-state index contributed by atoms with van der Waals surface area (Å²) in [6.45, 7) is 4.30. The van der Waals surface area contributed by atoms with Crippen LogP contribution in [0.1, 0.15) is 40.6 Å². The van der Waals surface area contributed by atoms with Crippen molar-refractivity contribution in [2.75, 3.05) is 5.32 Å². The largest absolute Gasteiger partial charge is 0.378 e. The molecule has 0 spiro atoms. The van der Waals surface area contributed by atoms with Crippen molar-refractivity contribution in [2.24, 2.45) is 5.92 Å². The summed E-state index contributed by atoms with van der Waals surface area (Å²) in [5.74, 6) is 0.877. The third-order valence-corrected chi connectivity index (χ3v) is 5.28. The fraction of sp³-hybridized carbons (Fsp3) is 0.300. The molecule has 0 unspecified atom stereocenters. The number of rotatable bonds is 2. The fourth-order valence-corrected chi connectivity index (χ4v) is 4.27. The maximum absolute atomic E-state index is 10.9. The van der Waals surface area contributed by atoms with E-state index in [-0.39, 0.29) is 16.7 Å². The zero-order chi connectivity index (χ0) is 16.8.